The van der Waals surface area contributed by atoms with Crippen LogP contribution in [-0.4, -0.2) is 55.1 Å². The van der Waals surface area contributed by atoms with Crippen molar-refractivity contribution in [1.29, 1.82) is 0 Å². The van der Waals surface area contributed by atoms with Gasteiger partial charge in [0.2, 0.25) is 0 Å². The van der Waals surface area contributed by atoms with Gasteiger partial charge in [0.1, 0.15) is 0 Å². The van der Waals surface area contributed by atoms with Crippen LogP contribution >= 0.6 is 0 Å². The van der Waals surface area contributed by atoms with E-state index in [1.165, 1.54) is 13.1 Å². The summed E-state index contributed by atoms with van der Waals surface area (Å²) in [5.74, 6) is 0. The summed E-state index contributed by atoms with van der Waals surface area (Å²) in [6.07, 6.45) is 4.27. The maximum absolute atomic E-state index is 5.47. The van der Waals surface area contributed by atoms with Crippen molar-refractivity contribution in [2.45, 2.75) is 19.4 Å². The molecule has 0 aliphatic carbocycles. The molecule has 3 heteroatoms. The smallest absolute Gasteiger partial charge is 0.0336 e. The van der Waals surface area contributed by atoms with Gasteiger partial charge in [-0.15, -0.1) is 0 Å². The zero-order valence-electron chi connectivity index (χ0n) is 9.66. The maximum Gasteiger partial charge on any atom is 0.0336 e. The number of nitrogens with zero attached hydrogens (tertiary/aromatic N) is 2. The van der Waals surface area contributed by atoms with Crippen LogP contribution in [0.15, 0.2) is 12.2 Å². The average molecular weight is 197 g/mol. The predicted octanol–water partition coefficient (Wildman–Crippen LogP) is 0.527. The predicted molar refractivity (Wildman–Crippen MR) is 61.3 cm³/mol. The molecular formula is C11H23N3. The molecule has 0 aromatic rings. The van der Waals surface area contributed by atoms with Crippen molar-refractivity contribution in [2.24, 2.45) is 5.73 Å². The third kappa shape index (κ3) is 3.08. The summed E-state index contributed by atoms with van der Waals surface area (Å²) in [6.45, 7) is 9.78. The molecule has 82 valence electrons. The Morgan fingerprint density at radius 1 is 1.21 bits per heavy atom. The fraction of sp³-hybridized carbons (Fsp3) is 0.818. The Hall–Kier alpha value is -0.380. The third-order valence-electron chi connectivity index (χ3n) is 2.98. The van der Waals surface area contributed by atoms with E-state index in [1.54, 1.807) is 0 Å². The van der Waals surface area contributed by atoms with Crippen molar-refractivity contribution in [3.05, 3.63) is 12.2 Å². The Morgan fingerprint density at radius 2 is 1.79 bits per heavy atom. The van der Waals surface area contributed by atoms with Gasteiger partial charge < -0.3 is 10.6 Å². The molecule has 1 heterocycles. The molecule has 0 bridgehead atoms. The molecule has 1 rings (SSSR count). The summed E-state index contributed by atoms with van der Waals surface area (Å²) >= 11 is 0. The molecule has 0 amide bonds. The van der Waals surface area contributed by atoms with Crippen LogP contribution < -0.4 is 5.73 Å². The van der Waals surface area contributed by atoms with E-state index < -0.39 is 0 Å². The minimum Gasteiger partial charge on any atom is -0.327 e. The molecule has 1 saturated heterocycles. The van der Waals surface area contributed by atoms with Gasteiger partial charge in [-0.25, -0.2) is 0 Å². The summed E-state index contributed by atoms with van der Waals surface area (Å²) in [5.41, 5.74) is 5.63. The molecule has 2 N–H and O–H groups in total. The number of likely N-dealkylation sites (N-methyl/N-ethyl adjacent to an activating group) is 1. The van der Waals surface area contributed by atoms with Crippen LogP contribution in [-0.2, 0) is 0 Å². The second-order valence-corrected chi connectivity index (χ2v) is 4.58. The third-order valence-corrected chi connectivity index (χ3v) is 2.98. The first-order valence-corrected chi connectivity index (χ1v) is 5.37. The van der Waals surface area contributed by atoms with Crippen LogP contribution in [0.4, 0.5) is 0 Å². The minimum atomic E-state index is 0.153. The summed E-state index contributed by atoms with van der Waals surface area (Å²) in [6, 6.07) is 0. The Bertz CT molecular complexity index is 191. The van der Waals surface area contributed by atoms with Crippen molar-refractivity contribution in [2.75, 3.05) is 39.8 Å². The second-order valence-electron chi connectivity index (χ2n) is 4.58. The van der Waals surface area contributed by atoms with E-state index in [4.69, 9.17) is 5.73 Å². The minimum absolute atomic E-state index is 0.153. The van der Waals surface area contributed by atoms with E-state index in [-0.39, 0.29) is 5.54 Å². The first kappa shape index (κ1) is 11.7. The molecule has 0 saturated carbocycles. The first-order chi connectivity index (χ1) is 6.56. The van der Waals surface area contributed by atoms with E-state index >= 15 is 0 Å². The molecule has 1 fully saturated rings. The highest BCUT2D eigenvalue weighted by molar-refractivity contribution is 5.03. The van der Waals surface area contributed by atoms with E-state index in [9.17, 15) is 0 Å². The van der Waals surface area contributed by atoms with Crippen molar-refractivity contribution < 1.29 is 0 Å². The maximum atomic E-state index is 5.47. The van der Waals surface area contributed by atoms with Gasteiger partial charge >= 0.3 is 0 Å². The Kier molecular flexibility index (Phi) is 4.11. The topological polar surface area (TPSA) is 32.5 Å². The molecule has 1 aliphatic rings. The molecule has 0 radical (unpaired) electrons. The Labute approximate surface area is 87.6 Å². The zero-order chi connectivity index (χ0) is 10.6. The molecule has 0 aromatic carbocycles. The molecule has 0 aromatic heterocycles. The lowest BCUT2D eigenvalue weighted by Crippen LogP contribution is -2.52. The van der Waals surface area contributed by atoms with Crippen LogP contribution in [0.5, 0.6) is 0 Å². The summed E-state index contributed by atoms with van der Waals surface area (Å²) in [4.78, 5) is 4.89. The summed E-state index contributed by atoms with van der Waals surface area (Å²) < 4.78 is 0. The van der Waals surface area contributed by atoms with Gasteiger partial charge in [-0.2, -0.15) is 0 Å². The molecule has 0 spiro atoms. The average Bonchev–Trinajstić information content (AvgIpc) is 2.16. The lowest BCUT2D eigenvalue weighted by atomic mass is 10.0. The van der Waals surface area contributed by atoms with E-state index in [1.807, 2.05) is 0 Å². The van der Waals surface area contributed by atoms with Gasteiger partial charge in [0.15, 0.2) is 0 Å². The Morgan fingerprint density at radius 3 is 2.29 bits per heavy atom. The number of nitrogens with two attached hydrogens (primary N) is 1. The quantitative estimate of drug-likeness (QED) is 0.670. The lowest BCUT2D eigenvalue weighted by molar-refractivity contribution is 0.0895. The van der Waals surface area contributed by atoms with Crippen molar-refractivity contribution in [3.63, 3.8) is 0 Å². The van der Waals surface area contributed by atoms with Gasteiger partial charge in [0.05, 0.1) is 0 Å². The fourth-order valence-corrected chi connectivity index (χ4v) is 1.84. The highest BCUT2D eigenvalue weighted by Gasteiger charge is 2.26. The van der Waals surface area contributed by atoms with Crippen LogP contribution in [0.2, 0.25) is 0 Å². The van der Waals surface area contributed by atoms with E-state index in [0.717, 1.165) is 13.1 Å². The number of piperazine rings is 1. The van der Waals surface area contributed by atoms with Gasteiger partial charge in [-0.1, -0.05) is 12.2 Å². The number of rotatable bonds is 3. The van der Waals surface area contributed by atoms with Crippen molar-refractivity contribution in [1.82, 2.24) is 9.80 Å². The molecule has 14 heavy (non-hydrogen) atoms. The highest BCUT2D eigenvalue weighted by atomic mass is 15.3. The van der Waals surface area contributed by atoms with Gasteiger partial charge in [-0.3, -0.25) is 4.90 Å². The standard InChI is InChI=1S/C11H23N3/c1-11(2,5-4-6-12)14-9-7-13(3)8-10-14/h4-5H,6-10,12H2,1-3H3. The highest BCUT2D eigenvalue weighted by Crippen LogP contribution is 2.17. The van der Waals surface area contributed by atoms with Crippen LogP contribution in [0, 0.1) is 0 Å². The summed E-state index contributed by atoms with van der Waals surface area (Å²) in [5, 5.41) is 0. The molecule has 0 atom stereocenters. The molecular weight excluding hydrogens is 174 g/mol. The second kappa shape index (κ2) is 4.91. The fourth-order valence-electron chi connectivity index (χ4n) is 1.84. The zero-order valence-corrected chi connectivity index (χ0v) is 9.66. The van der Waals surface area contributed by atoms with Crippen LogP contribution in [0.1, 0.15) is 13.8 Å². The van der Waals surface area contributed by atoms with E-state index in [0.29, 0.717) is 6.54 Å². The lowest BCUT2D eigenvalue weighted by Gasteiger charge is -2.41. The van der Waals surface area contributed by atoms with Crippen molar-refractivity contribution in [3.8, 4) is 0 Å². The van der Waals surface area contributed by atoms with Gasteiger partial charge in [-0.05, 0) is 20.9 Å². The van der Waals surface area contributed by atoms with Gasteiger partial charge in [0.25, 0.3) is 0 Å². The Balaban J connectivity index is 2.50. The molecule has 3 nitrogen and oxygen atoms in total. The molecule has 1 aliphatic heterocycles. The first-order valence-electron chi connectivity index (χ1n) is 5.37. The number of hydrogen-bond donors (Lipinski definition) is 1. The van der Waals surface area contributed by atoms with Crippen LogP contribution in [0.25, 0.3) is 0 Å². The largest absolute Gasteiger partial charge is 0.327 e. The monoisotopic (exact) mass is 197 g/mol. The SMILES string of the molecule is CN1CCN(C(C)(C)C=CCN)CC1. The van der Waals surface area contributed by atoms with Crippen LogP contribution in [0.3, 0.4) is 0 Å². The van der Waals surface area contributed by atoms with Gasteiger partial charge in [0, 0.05) is 38.3 Å². The normalized spacial score (nSPS) is 22.0. The molecule has 0 unspecified atom stereocenters. The summed E-state index contributed by atoms with van der Waals surface area (Å²) in [7, 11) is 2.18. The van der Waals surface area contributed by atoms with E-state index in [2.05, 4.69) is 42.8 Å². The number of hydrogen-bond acceptors (Lipinski definition) is 3. The van der Waals surface area contributed by atoms with Crippen molar-refractivity contribution >= 4 is 0 Å².